The van der Waals surface area contributed by atoms with Gasteiger partial charge in [0.15, 0.2) is 0 Å². The molecular formula is C10H21NS. The molecule has 1 saturated carbocycles. The summed E-state index contributed by atoms with van der Waals surface area (Å²) in [5.41, 5.74) is 0. The molecule has 72 valence electrons. The number of rotatable bonds is 4. The van der Waals surface area contributed by atoms with Crippen LogP contribution in [0.25, 0.3) is 0 Å². The van der Waals surface area contributed by atoms with E-state index in [1.165, 1.54) is 38.5 Å². The van der Waals surface area contributed by atoms with Crippen molar-refractivity contribution in [2.24, 2.45) is 5.92 Å². The maximum Gasteiger partial charge on any atom is 0.0100 e. The predicted octanol–water partition coefficient (Wildman–Crippen LogP) is 2.47. The molecule has 1 aliphatic rings. The summed E-state index contributed by atoms with van der Waals surface area (Å²) >= 11 is 4.29. The van der Waals surface area contributed by atoms with Gasteiger partial charge in [-0.05, 0) is 38.0 Å². The zero-order valence-corrected chi connectivity index (χ0v) is 8.95. The maximum atomic E-state index is 4.29. The second kappa shape index (κ2) is 5.87. The molecule has 1 rings (SSSR count). The highest BCUT2D eigenvalue weighted by atomic mass is 32.1. The van der Waals surface area contributed by atoms with Crippen molar-refractivity contribution >= 4 is 12.6 Å². The average molecular weight is 187 g/mol. The van der Waals surface area contributed by atoms with Gasteiger partial charge in [-0.25, -0.2) is 0 Å². The molecular weight excluding hydrogens is 166 g/mol. The Morgan fingerprint density at radius 1 is 1.33 bits per heavy atom. The second-order valence-corrected chi connectivity index (χ2v) is 4.25. The molecule has 0 amide bonds. The minimum Gasteiger partial charge on any atom is -0.317 e. The molecule has 0 bridgehead atoms. The Bertz CT molecular complexity index is 108. The van der Waals surface area contributed by atoms with Crippen molar-refractivity contribution in [1.29, 1.82) is 0 Å². The van der Waals surface area contributed by atoms with Gasteiger partial charge in [0.1, 0.15) is 0 Å². The molecule has 0 radical (unpaired) electrons. The molecule has 0 spiro atoms. The monoisotopic (exact) mass is 187 g/mol. The first-order valence-corrected chi connectivity index (χ1v) is 5.80. The Balaban J connectivity index is 2.29. The molecule has 0 heterocycles. The van der Waals surface area contributed by atoms with E-state index in [1.54, 1.807) is 0 Å². The van der Waals surface area contributed by atoms with Crippen molar-refractivity contribution < 1.29 is 0 Å². The lowest BCUT2D eigenvalue weighted by Crippen LogP contribution is -2.35. The quantitative estimate of drug-likeness (QED) is 0.644. The van der Waals surface area contributed by atoms with Gasteiger partial charge in [0.05, 0.1) is 0 Å². The van der Waals surface area contributed by atoms with Crippen LogP contribution in [-0.2, 0) is 0 Å². The van der Waals surface area contributed by atoms with Crippen LogP contribution in [0.15, 0.2) is 0 Å². The fraction of sp³-hybridized carbons (Fsp3) is 1.00. The third kappa shape index (κ3) is 2.98. The zero-order valence-electron chi connectivity index (χ0n) is 8.05. The van der Waals surface area contributed by atoms with Gasteiger partial charge in [0.2, 0.25) is 0 Å². The summed E-state index contributed by atoms with van der Waals surface area (Å²) in [5.74, 6) is 1.94. The van der Waals surface area contributed by atoms with Gasteiger partial charge < -0.3 is 5.32 Å². The summed E-state index contributed by atoms with van der Waals surface area (Å²) in [6.07, 6.45) is 8.42. The lowest BCUT2D eigenvalue weighted by atomic mass is 9.83. The van der Waals surface area contributed by atoms with Crippen LogP contribution in [0, 0.1) is 5.92 Å². The molecule has 0 saturated heterocycles. The van der Waals surface area contributed by atoms with E-state index >= 15 is 0 Å². The highest BCUT2D eigenvalue weighted by Crippen LogP contribution is 2.27. The Morgan fingerprint density at radius 3 is 2.50 bits per heavy atom. The van der Waals surface area contributed by atoms with E-state index in [1.807, 2.05) is 0 Å². The first kappa shape index (κ1) is 10.4. The number of nitrogens with one attached hydrogen (secondary N) is 1. The maximum absolute atomic E-state index is 4.29. The van der Waals surface area contributed by atoms with Gasteiger partial charge in [0, 0.05) is 6.04 Å². The molecule has 1 fully saturated rings. The summed E-state index contributed by atoms with van der Waals surface area (Å²) in [4.78, 5) is 0. The molecule has 1 aliphatic carbocycles. The highest BCUT2D eigenvalue weighted by Gasteiger charge is 2.21. The van der Waals surface area contributed by atoms with Crippen LogP contribution in [0.5, 0.6) is 0 Å². The van der Waals surface area contributed by atoms with Crippen molar-refractivity contribution in [2.45, 2.75) is 44.6 Å². The van der Waals surface area contributed by atoms with Crippen LogP contribution in [-0.4, -0.2) is 18.8 Å². The van der Waals surface area contributed by atoms with Gasteiger partial charge in [-0.3, -0.25) is 0 Å². The third-order valence-corrected chi connectivity index (χ3v) is 3.29. The van der Waals surface area contributed by atoms with Crippen LogP contribution < -0.4 is 5.32 Å². The van der Waals surface area contributed by atoms with Crippen LogP contribution in [0.4, 0.5) is 0 Å². The van der Waals surface area contributed by atoms with E-state index in [0.29, 0.717) is 0 Å². The lowest BCUT2D eigenvalue weighted by molar-refractivity contribution is 0.274. The minimum atomic E-state index is 0.725. The standard InChI is InChI=1S/C10H21NS/c1-11-10(7-8-12)9-5-3-2-4-6-9/h9-12H,2-8H2,1H3. The van der Waals surface area contributed by atoms with Crippen LogP contribution >= 0.6 is 12.6 Å². The van der Waals surface area contributed by atoms with Crippen molar-refractivity contribution in [2.75, 3.05) is 12.8 Å². The van der Waals surface area contributed by atoms with Gasteiger partial charge in [-0.2, -0.15) is 12.6 Å². The first-order chi connectivity index (χ1) is 5.88. The number of thiol groups is 1. The molecule has 1 unspecified atom stereocenters. The van der Waals surface area contributed by atoms with Gasteiger partial charge in [-0.1, -0.05) is 19.3 Å². The predicted molar refractivity (Wildman–Crippen MR) is 57.9 cm³/mol. The average Bonchev–Trinajstić information content (AvgIpc) is 2.15. The van der Waals surface area contributed by atoms with Crippen molar-refractivity contribution in [3.05, 3.63) is 0 Å². The SMILES string of the molecule is CNC(CCS)C1CCCCC1. The summed E-state index contributed by atoms with van der Waals surface area (Å²) in [6.45, 7) is 0. The molecule has 0 aromatic heterocycles. The molecule has 2 heteroatoms. The van der Waals surface area contributed by atoms with Crippen LogP contribution in [0.1, 0.15) is 38.5 Å². The third-order valence-electron chi connectivity index (χ3n) is 3.03. The first-order valence-electron chi connectivity index (χ1n) is 5.16. The smallest absolute Gasteiger partial charge is 0.0100 e. The Morgan fingerprint density at radius 2 is 2.00 bits per heavy atom. The zero-order chi connectivity index (χ0) is 8.81. The molecule has 0 aromatic carbocycles. The van der Waals surface area contributed by atoms with Crippen molar-refractivity contribution in [3.8, 4) is 0 Å². The minimum absolute atomic E-state index is 0.725. The Labute approximate surface area is 81.7 Å². The normalized spacial score (nSPS) is 22.5. The molecule has 1 nitrogen and oxygen atoms in total. The fourth-order valence-electron chi connectivity index (χ4n) is 2.29. The van der Waals surface area contributed by atoms with E-state index < -0.39 is 0 Å². The van der Waals surface area contributed by atoms with E-state index in [4.69, 9.17) is 0 Å². The van der Waals surface area contributed by atoms with Crippen molar-refractivity contribution in [1.82, 2.24) is 5.32 Å². The van der Waals surface area contributed by atoms with Gasteiger partial charge in [-0.15, -0.1) is 0 Å². The number of hydrogen-bond acceptors (Lipinski definition) is 2. The highest BCUT2D eigenvalue weighted by molar-refractivity contribution is 7.80. The molecule has 0 aromatic rings. The number of hydrogen-bond donors (Lipinski definition) is 2. The summed E-state index contributed by atoms with van der Waals surface area (Å²) in [5, 5.41) is 3.42. The van der Waals surface area contributed by atoms with E-state index in [2.05, 4.69) is 25.0 Å². The molecule has 1 atom stereocenters. The summed E-state index contributed by atoms with van der Waals surface area (Å²) in [7, 11) is 2.09. The second-order valence-electron chi connectivity index (χ2n) is 3.81. The topological polar surface area (TPSA) is 12.0 Å². The van der Waals surface area contributed by atoms with Crippen LogP contribution in [0.2, 0.25) is 0 Å². The fourth-order valence-corrected chi connectivity index (χ4v) is 2.57. The van der Waals surface area contributed by atoms with E-state index in [-0.39, 0.29) is 0 Å². The van der Waals surface area contributed by atoms with Crippen LogP contribution in [0.3, 0.4) is 0 Å². The largest absolute Gasteiger partial charge is 0.317 e. The van der Waals surface area contributed by atoms with Gasteiger partial charge >= 0.3 is 0 Å². The lowest BCUT2D eigenvalue weighted by Gasteiger charge is -2.29. The summed E-state index contributed by atoms with van der Waals surface area (Å²) < 4.78 is 0. The summed E-state index contributed by atoms with van der Waals surface area (Å²) in [6, 6.07) is 0.725. The van der Waals surface area contributed by atoms with Crippen molar-refractivity contribution in [3.63, 3.8) is 0 Å². The van der Waals surface area contributed by atoms with E-state index in [0.717, 1.165) is 17.7 Å². The molecule has 1 N–H and O–H groups in total. The Hall–Kier alpha value is 0.310. The molecule has 12 heavy (non-hydrogen) atoms. The molecule has 0 aliphatic heterocycles. The Kier molecular flexibility index (Phi) is 5.08. The van der Waals surface area contributed by atoms with Gasteiger partial charge in [0.25, 0.3) is 0 Å². The van der Waals surface area contributed by atoms with E-state index in [9.17, 15) is 0 Å².